The predicted octanol–water partition coefficient (Wildman–Crippen LogP) is 3.51. The third-order valence-corrected chi connectivity index (χ3v) is 3.56. The van der Waals surface area contributed by atoms with Crippen molar-refractivity contribution >= 4 is 29.5 Å². The van der Waals surface area contributed by atoms with Crippen molar-refractivity contribution < 1.29 is 0 Å². The van der Waals surface area contributed by atoms with Crippen LogP contribution in [0.25, 0.3) is 0 Å². The summed E-state index contributed by atoms with van der Waals surface area (Å²) in [4.78, 5) is 4.09. The summed E-state index contributed by atoms with van der Waals surface area (Å²) >= 11 is 12.0. The number of unbranched alkanes of at least 4 members (excludes halogenated alkanes) is 2. The van der Waals surface area contributed by atoms with Gasteiger partial charge in [0.2, 0.25) is 0 Å². The second kappa shape index (κ2) is 6.98. The second-order valence-corrected chi connectivity index (χ2v) is 5.24. The normalized spacial score (nSPS) is 15.0. The van der Waals surface area contributed by atoms with Crippen molar-refractivity contribution in [1.82, 2.24) is 10.4 Å². The maximum atomic E-state index is 6.13. The zero-order valence-corrected chi connectivity index (χ0v) is 11.7. The van der Waals surface area contributed by atoms with Crippen molar-refractivity contribution in [2.45, 2.75) is 25.7 Å². The molecule has 1 aliphatic rings. The van der Waals surface area contributed by atoms with Gasteiger partial charge in [-0.3, -0.25) is 4.99 Å². The number of benzene rings is 1. The highest BCUT2D eigenvalue weighted by atomic mass is 35.5. The highest BCUT2D eigenvalue weighted by Crippen LogP contribution is 2.22. The summed E-state index contributed by atoms with van der Waals surface area (Å²) in [7, 11) is 0. The fourth-order valence-electron chi connectivity index (χ4n) is 1.96. The van der Waals surface area contributed by atoms with Gasteiger partial charge >= 0.3 is 0 Å². The van der Waals surface area contributed by atoms with Gasteiger partial charge in [0.15, 0.2) is 0 Å². The highest BCUT2D eigenvalue weighted by Gasteiger charge is 2.05. The molecule has 0 unspecified atom stereocenters. The number of hydrogen-bond acceptors (Lipinski definition) is 3. The molecule has 0 atom stereocenters. The van der Waals surface area contributed by atoms with Gasteiger partial charge in [-0.1, -0.05) is 35.7 Å². The van der Waals surface area contributed by atoms with Crippen LogP contribution in [0, 0.1) is 0 Å². The molecule has 0 amide bonds. The van der Waals surface area contributed by atoms with Crippen molar-refractivity contribution in [3.8, 4) is 0 Å². The lowest BCUT2D eigenvalue weighted by Crippen LogP contribution is -2.32. The summed E-state index contributed by atoms with van der Waals surface area (Å²) in [6.45, 7) is 1.80. The molecule has 0 saturated heterocycles. The molecule has 3 nitrogen and oxygen atoms in total. The summed E-state index contributed by atoms with van der Waals surface area (Å²) < 4.78 is 0. The lowest BCUT2D eigenvalue weighted by Gasteiger charge is -2.13. The van der Waals surface area contributed by atoms with E-state index in [-0.39, 0.29) is 0 Å². The largest absolute Gasteiger partial charge is 0.308 e. The van der Waals surface area contributed by atoms with Gasteiger partial charge in [-0.15, -0.1) is 0 Å². The standard InChI is InChI=1S/C13H17Cl2N3/c14-12-6-5-11(13(15)8-12)4-2-1-3-7-18-10-16-9-17-18/h5-6,8-9H,1-4,7,10H2,(H,16,17). The fourth-order valence-corrected chi connectivity index (χ4v) is 2.46. The molecule has 0 saturated carbocycles. The number of halogens is 2. The molecule has 1 heterocycles. The molecule has 0 fully saturated rings. The van der Waals surface area contributed by atoms with Crippen LogP contribution < -0.4 is 5.43 Å². The quantitative estimate of drug-likeness (QED) is 0.810. The molecule has 1 aliphatic heterocycles. The molecule has 0 spiro atoms. The van der Waals surface area contributed by atoms with Crippen LogP contribution in [0.2, 0.25) is 10.0 Å². The molecule has 0 radical (unpaired) electrons. The molecule has 1 aromatic rings. The Balaban J connectivity index is 1.62. The number of nitrogens with zero attached hydrogens (tertiary/aromatic N) is 2. The van der Waals surface area contributed by atoms with Gasteiger partial charge in [0.25, 0.3) is 0 Å². The predicted molar refractivity (Wildman–Crippen MR) is 77.2 cm³/mol. The Kier molecular flexibility index (Phi) is 5.29. The van der Waals surface area contributed by atoms with Crippen LogP contribution in [0.5, 0.6) is 0 Å². The molecule has 0 aromatic heterocycles. The van der Waals surface area contributed by atoms with Crippen molar-refractivity contribution in [3.63, 3.8) is 0 Å². The van der Waals surface area contributed by atoms with Crippen LogP contribution in [0.3, 0.4) is 0 Å². The number of hydrazine groups is 1. The van der Waals surface area contributed by atoms with E-state index >= 15 is 0 Å². The molecule has 5 heteroatoms. The third-order valence-electron chi connectivity index (χ3n) is 2.97. The molecular weight excluding hydrogens is 269 g/mol. The van der Waals surface area contributed by atoms with Crippen LogP contribution in [-0.2, 0) is 6.42 Å². The topological polar surface area (TPSA) is 27.6 Å². The van der Waals surface area contributed by atoms with E-state index in [0.29, 0.717) is 5.02 Å². The smallest absolute Gasteiger partial charge is 0.110 e. The minimum Gasteiger partial charge on any atom is -0.308 e. The van der Waals surface area contributed by atoms with Crippen molar-refractivity contribution in [3.05, 3.63) is 33.8 Å². The van der Waals surface area contributed by atoms with Crippen LogP contribution >= 0.6 is 23.2 Å². The molecule has 98 valence electrons. The first kappa shape index (κ1) is 13.7. The maximum Gasteiger partial charge on any atom is 0.110 e. The van der Waals surface area contributed by atoms with Gasteiger partial charge < -0.3 is 5.43 Å². The molecule has 0 bridgehead atoms. The molecular formula is C13H17Cl2N3. The van der Waals surface area contributed by atoms with E-state index in [4.69, 9.17) is 23.2 Å². The minimum atomic E-state index is 0.698. The number of hydrogen-bond donors (Lipinski definition) is 1. The Morgan fingerprint density at radius 2 is 2.11 bits per heavy atom. The number of nitrogens with one attached hydrogen (secondary N) is 1. The number of rotatable bonds is 6. The van der Waals surface area contributed by atoms with E-state index in [0.717, 1.165) is 31.1 Å². The van der Waals surface area contributed by atoms with Gasteiger partial charge in [-0.25, -0.2) is 5.01 Å². The Bertz CT molecular complexity index is 413. The van der Waals surface area contributed by atoms with Crippen molar-refractivity contribution in [1.29, 1.82) is 0 Å². The van der Waals surface area contributed by atoms with Crippen molar-refractivity contribution in [2.24, 2.45) is 4.99 Å². The summed E-state index contributed by atoms with van der Waals surface area (Å²) in [5.74, 6) is 0. The third kappa shape index (κ3) is 4.16. The lowest BCUT2D eigenvalue weighted by atomic mass is 10.1. The van der Waals surface area contributed by atoms with Gasteiger partial charge in [0, 0.05) is 16.6 Å². The van der Waals surface area contributed by atoms with Gasteiger partial charge in [0.1, 0.15) is 6.67 Å². The average molecular weight is 286 g/mol. The molecule has 1 N–H and O–H groups in total. The first-order chi connectivity index (χ1) is 8.75. The summed E-state index contributed by atoms with van der Waals surface area (Å²) in [6, 6.07) is 5.72. The lowest BCUT2D eigenvalue weighted by molar-refractivity contribution is 0.261. The van der Waals surface area contributed by atoms with E-state index < -0.39 is 0 Å². The first-order valence-electron chi connectivity index (χ1n) is 6.19. The second-order valence-electron chi connectivity index (χ2n) is 4.39. The Hall–Kier alpha value is -0.770. The van der Waals surface area contributed by atoms with Gasteiger partial charge in [-0.2, -0.15) is 0 Å². The zero-order valence-electron chi connectivity index (χ0n) is 10.2. The van der Waals surface area contributed by atoms with Crippen LogP contribution in [0.4, 0.5) is 0 Å². The Morgan fingerprint density at radius 1 is 1.22 bits per heavy atom. The average Bonchev–Trinajstić information content (AvgIpc) is 2.84. The van der Waals surface area contributed by atoms with E-state index in [2.05, 4.69) is 15.4 Å². The fraction of sp³-hybridized carbons (Fsp3) is 0.462. The van der Waals surface area contributed by atoms with Gasteiger partial charge in [-0.05, 0) is 37.0 Å². The minimum absolute atomic E-state index is 0.698. The van der Waals surface area contributed by atoms with Gasteiger partial charge in [0.05, 0.1) is 6.34 Å². The SMILES string of the molecule is Clc1ccc(CCCCCN2CN=CN2)c(Cl)c1. The van der Waals surface area contributed by atoms with Crippen LogP contribution in [0.1, 0.15) is 24.8 Å². The summed E-state index contributed by atoms with van der Waals surface area (Å²) in [5, 5.41) is 3.58. The molecule has 1 aromatic carbocycles. The Labute approximate surface area is 118 Å². The first-order valence-corrected chi connectivity index (χ1v) is 6.94. The van der Waals surface area contributed by atoms with E-state index in [1.165, 1.54) is 18.4 Å². The monoisotopic (exact) mass is 285 g/mol. The molecule has 18 heavy (non-hydrogen) atoms. The van der Waals surface area contributed by atoms with E-state index in [1.54, 1.807) is 6.34 Å². The van der Waals surface area contributed by atoms with E-state index in [9.17, 15) is 0 Å². The zero-order chi connectivity index (χ0) is 12.8. The number of aliphatic imine (C=N–C) groups is 1. The molecule has 0 aliphatic carbocycles. The maximum absolute atomic E-state index is 6.13. The van der Waals surface area contributed by atoms with Crippen molar-refractivity contribution in [2.75, 3.05) is 13.2 Å². The van der Waals surface area contributed by atoms with Crippen LogP contribution in [0.15, 0.2) is 23.2 Å². The van der Waals surface area contributed by atoms with Crippen LogP contribution in [-0.4, -0.2) is 24.6 Å². The van der Waals surface area contributed by atoms with E-state index in [1.807, 2.05) is 18.2 Å². The highest BCUT2D eigenvalue weighted by molar-refractivity contribution is 6.35. The summed E-state index contributed by atoms with van der Waals surface area (Å²) in [5.41, 5.74) is 4.27. The molecule has 2 rings (SSSR count). The Morgan fingerprint density at radius 3 is 2.83 bits per heavy atom. The summed E-state index contributed by atoms with van der Waals surface area (Å²) in [6.07, 6.45) is 6.27. The number of aryl methyl sites for hydroxylation is 1.